The van der Waals surface area contributed by atoms with Crippen LogP contribution >= 0.6 is 0 Å². The number of hydrogen-bond acceptors (Lipinski definition) is 6. The molecule has 0 atom stereocenters. The maximum Gasteiger partial charge on any atom is 0.231 e. The van der Waals surface area contributed by atoms with Crippen molar-refractivity contribution in [2.45, 2.75) is 40.0 Å². The molecule has 1 fully saturated rings. The molecule has 3 rings (SSSR count). The Labute approximate surface area is 177 Å². The van der Waals surface area contributed by atoms with Crippen LogP contribution in [0.15, 0.2) is 30.5 Å². The Bertz CT molecular complexity index is 946. The normalized spacial score (nSPS) is 14.1. The number of aromatic nitrogens is 1. The van der Waals surface area contributed by atoms with Gasteiger partial charge in [-0.15, -0.1) is 0 Å². The topological polar surface area (TPSA) is 87.5 Å². The molecule has 7 heteroatoms. The van der Waals surface area contributed by atoms with Crippen molar-refractivity contribution in [1.82, 2.24) is 15.2 Å². The number of rotatable bonds is 8. The highest BCUT2D eigenvalue weighted by Crippen LogP contribution is 2.24. The molecule has 2 heterocycles. The highest BCUT2D eigenvalue weighted by molar-refractivity contribution is 5.79. The SMILES string of the molecule is CNC(=O)C1CN(Cc2ccc(OCc3cnc(OC(C)C)c(C#N)c3)cc2C)C1. The standard InChI is InChI=1S/C23H28N4O3/c1-15(2)30-23-19(9-24)8-17(10-26-23)14-29-21-6-5-18(16(3)7-21)11-27-12-20(13-27)22(28)25-4/h5-8,10,15,20H,11-14H2,1-4H3,(H,25,28). The van der Waals surface area contributed by atoms with Crippen molar-refractivity contribution in [2.24, 2.45) is 5.92 Å². The monoisotopic (exact) mass is 408 g/mol. The molecule has 1 N–H and O–H groups in total. The molecular weight excluding hydrogens is 380 g/mol. The summed E-state index contributed by atoms with van der Waals surface area (Å²) >= 11 is 0. The van der Waals surface area contributed by atoms with Crippen molar-refractivity contribution >= 4 is 5.91 Å². The lowest BCUT2D eigenvalue weighted by atomic mass is 9.97. The third-order valence-electron chi connectivity index (χ3n) is 5.06. The summed E-state index contributed by atoms with van der Waals surface area (Å²) in [5.41, 5.74) is 3.58. The Morgan fingerprint density at radius 3 is 2.77 bits per heavy atom. The zero-order valence-corrected chi connectivity index (χ0v) is 17.9. The highest BCUT2D eigenvalue weighted by Gasteiger charge is 2.31. The van der Waals surface area contributed by atoms with Crippen molar-refractivity contribution in [3.63, 3.8) is 0 Å². The first-order valence-corrected chi connectivity index (χ1v) is 10.1. The molecule has 158 valence electrons. The van der Waals surface area contributed by atoms with Crippen molar-refractivity contribution in [3.8, 4) is 17.7 Å². The number of hydrogen-bond donors (Lipinski definition) is 1. The number of nitriles is 1. The van der Waals surface area contributed by atoms with Gasteiger partial charge in [-0.05, 0) is 50.1 Å². The van der Waals surface area contributed by atoms with E-state index in [1.807, 2.05) is 26.0 Å². The fourth-order valence-electron chi connectivity index (χ4n) is 3.38. The number of aryl methyl sites for hydroxylation is 1. The molecule has 30 heavy (non-hydrogen) atoms. The smallest absolute Gasteiger partial charge is 0.231 e. The average molecular weight is 409 g/mol. The number of likely N-dealkylation sites (tertiary alicyclic amines) is 1. The molecule has 7 nitrogen and oxygen atoms in total. The molecule has 0 bridgehead atoms. The molecule has 1 aliphatic rings. The lowest BCUT2D eigenvalue weighted by molar-refractivity contribution is -0.129. The van der Waals surface area contributed by atoms with Gasteiger partial charge >= 0.3 is 0 Å². The largest absolute Gasteiger partial charge is 0.489 e. The number of nitrogens with zero attached hydrogens (tertiary/aromatic N) is 3. The Hall–Kier alpha value is -3.11. The Morgan fingerprint density at radius 1 is 1.37 bits per heavy atom. The van der Waals surface area contributed by atoms with Crippen LogP contribution in [0.3, 0.4) is 0 Å². The van der Waals surface area contributed by atoms with Gasteiger partial charge in [-0.25, -0.2) is 4.98 Å². The molecule has 0 unspecified atom stereocenters. The van der Waals surface area contributed by atoms with E-state index in [1.54, 1.807) is 19.3 Å². The van der Waals surface area contributed by atoms with E-state index in [0.717, 1.165) is 36.5 Å². The van der Waals surface area contributed by atoms with Crippen molar-refractivity contribution in [1.29, 1.82) is 5.26 Å². The molecule has 0 saturated carbocycles. The number of carbonyl (C=O) groups excluding carboxylic acids is 1. The number of ether oxygens (including phenoxy) is 2. The zero-order valence-electron chi connectivity index (χ0n) is 17.9. The Kier molecular flexibility index (Phi) is 6.91. The number of amides is 1. The van der Waals surface area contributed by atoms with Gasteiger partial charge in [0.05, 0.1) is 12.0 Å². The summed E-state index contributed by atoms with van der Waals surface area (Å²) in [6.07, 6.45) is 1.63. The number of pyridine rings is 1. The third kappa shape index (κ3) is 5.28. The molecule has 1 aromatic heterocycles. The van der Waals surface area contributed by atoms with E-state index < -0.39 is 0 Å². The van der Waals surface area contributed by atoms with Crippen LogP contribution in [0.4, 0.5) is 0 Å². The number of carbonyl (C=O) groups is 1. The first-order chi connectivity index (χ1) is 14.4. The predicted octanol–water partition coefficient (Wildman–Crippen LogP) is 2.81. The van der Waals surface area contributed by atoms with E-state index >= 15 is 0 Å². The molecule has 1 aromatic carbocycles. The van der Waals surface area contributed by atoms with Gasteiger partial charge in [-0.1, -0.05) is 6.07 Å². The van der Waals surface area contributed by atoms with Crippen LogP contribution in [0.25, 0.3) is 0 Å². The van der Waals surface area contributed by atoms with Gasteiger partial charge in [-0.2, -0.15) is 5.26 Å². The van der Waals surface area contributed by atoms with Gasteiger partial charge in [0, 0.05) is 38.4 Å². The van der Waals surface area contributed by atoms with Crippen LogP contribution in [-0.2, 0) is 17.9 Å². The van der Waals surface area contributed by atoms with Crippen LogP contribution in [0.1, 0.15) is 36.1 Å². The molecular formula is C23H28N4O3. The molecule has 0 radical (unpaired) electrons. The summed E-state index contributed by atoms with van der Waals surface area (Å²) in [6.45, 7) is 8.59. The zero-order chi connectivity index (χ0) is 21.7. The van der Waals surface area contributed by atoms with E-state index in [0.29, 0.717) is 18.1 Å². The minimum atomic E-state index is -0.0425. The fraction of sp³-hybridized carbons (Fsp3) is 0.435. The second-order valence-corrected chi connectivity index (χ2v) is 7.86. The van der Waals surface area contributed by atoms with Crippen molar-refractivity contribution in [3.05, 3.63) is 52.7 Å². The van der Waals surface area contributed by atoms with Gasteiger partial charge < -0.3 is 14.8 Å². The van der Waals surface area contributed by atoms with Gasteiger partial charge in [0.15, 0.2) is 0 Å². The summed E-state index contributed by atoms with van der Waals surface area (Å²) < 4.78 is 11.5. The summed E-state index contributed by atoms with van der Waals surface area (Å²) in [5, 5.41) is 12.0. The molecule has 1 saturated heterocycles. The third-order valence-corrected chi connectivity index (χ3v) is 5.06. The highest BCUT2D eigenvalue weighted by atomic mass is 16.5. The van der Waals surface area contributed by atoms with Gasteiger partial charge in [0.25, 0.3) is 0 Å². The minimum absolute atomic E-state index is 0.0425. The molecule has 0 aliphatic carbocycles. The number of benzene rings is 1. The summed E-state index contributed by atoms with van der Waals surface area (Å²) in [4.78, 5) is 18.1. The van der Waals surface area contributed by atoms with E-state index in [-0.39, 0.29) is 17.9 Å². The lowest BCUT2D eigenvalue weighted by Gasteiger charge is -2.38. The second-order valence-electron chi connectivity index (χ2n) is 7.86. The summed E-state index contributed by atoms with van der Waals surface area (Å²) in [6, 6.07) is 9.91. The lowest BCUT2D eigenvalue weighted by Crippen LogP contribution is -2.52. The average Bonchev–Trinajstić information content (AvgIpc) is 2.69. The Morgan fingerprint density at radius 2 is 2.13 bits per heavy atom. The van der Waals surface area contributed by atoms with Gasteiger partial charge in [0.2, 0.25) is 11.8 Å². The van der Waals surface area contributed by atoms with E-state index in [1.165, 1.54) is 5.56 Å². The maximum atomic E-state index is 11.6. The van der Waals surface area contributed by atoms with E-state index in [2.05, 4.69) is 34.3 Å². The van der Waals surface area contributed by atoms with Crippen LogP contribution in [0.2, 0.25) is 0 Å². The van der Waals surface area contributed by atoms with Crippen LogP contribution in [0.5, 0.6) is 11.6 Å². The predicted molar refractivity (Wildman–Crippen MR) is 113 cm³/mol. The van der Waals surface area contributed by atoms with Gasteiger partial charge in [-0.3, -0.25) is 9.69 Å². The van der Waals surface area contributed by atoms with Crippen LogP contribution in [-0.4, -0.2) is 42.0 Å². The molecule has 1 amide bonds. The van der Waals surface area contributed by atoms with Gasteiger partial charge in [0.1, 0.15) is 24.0 Å². The molecule has 2 aromatic rings. The van der Waals surface area contributed by atoms with Crippen molar-refractivity contribution in [2.75, 3.05) is 20.1 Å². The number of nitrogens with one attached hydrogen (secondary N) is 1. The van der Waals surface area contributed by atoms with E-state index in [9.17, 15) is 10.1 Å². The van der Waals surface area contributed by atoms with Crippen molar-refractivity contribution < 1.29 is 14.3 Å². The fourth-order valence-corrected chi connectivity index (χ4v) is 3.38. The molecule has 0 spiro atoms. The van der Waals surface area contributed by atoms with E-state index in [4.69, 9.17) is 9.47 Å². The minimum Gasteiger partial charge on any atom is -0.489 e. The summed E-state index contributed by atoms with van der Waals surface area (Å²) in [7, 11) is 1.68. The second kappa shape index (κ2) is 9.59. The Balaban J connectivity index is 1.56. The van der Waals surface area contributed by atoms with Crippen LogP contribution in [0, 0.1) is 24.2 Å². The molecule has 1 aliphatic heterocycles. The first-order valence-electron chi connectivity index (χ1n) is 10.1. The summed E-state index contributed by atoms with van der Waals surface area (Å²) in [5.74, 6) is 1.33. The quantitative estimate of drug-likeness (QED) is 0.723. The van der Waals surface area contributed by atoms with Crippen LogP contribution < -0.4 is 14.8 Å². The first kappa shape index (κ1) is 21.6. The maximum absolute atomic E-state index is 11.6.